The normalized spacial score (nSPS) is 10.6. The van der Waals surface area contributed by atoms with Gasteiger partial charge in [-0.2, -0.15) is 0 Å². The van der Waals surface area contributed by atoms with E-state index >= 15 is 0 Å². The molecule has 8 N–H and O–H groups in total. The van der Waals surface area contributed by atoms with E-state index in [9.17, 15) is 47.9 Å². The van der Waals surface area contributed by atoms with E-state index in [4.69, 9.17) is 14.2 Å². The van der Waals surface area contributed by atoms with Crippen molar-refractivity contribution in [2.45, 2.75) is 103 Å². The van der Waals surface area contributed by atoms with Crippen LogP contribution in [0.2, 0.25) is 0 Å². The number of halogens is 4. The highest BCUT2D eigenvalue weighted by Crippen LogP contribution is 2.04. The van der Waals surface area contributed by atoms with Crippen LogP contribution < -0.4 is 42.5 Å². The second-order valence-corrected chi connectivity index (χ2v) is 18.6. The van der Waals surface area contributed by atoms with Gasteiger partial charge >= 0.3 is 12.2 Å². The third kappa shape index (κ3) is 44.2. The molecular formula is C46H80Br4N10O13. The summed E-state index contributed by atoms with van der Waals surface area (Å²) in [6.07, 6.45) is 8.24. The van der Waals surface area contributed by atoms with Crippen molar-refractivity contribution >= 4 is 123 Å². The zero-order chi connectivity index (χ0) is 54.2. The summed E-state index contributed by atoms with van der Waals surface area (Å²) in [5, 5.41) is 23.2. The first kappa shape index (κ1) is 69.2. The third-order valence-electron chi connectivity index (χ3n) is 10.3. The maximum atomic E-state index is 13.1. The van der Waals surface area contributed by atoms with E-state index in [0.29, 0.717) is 51.9 Å². The molecule has 0 aliphatic heterocycles. The first-order valence-electron chi connectivity index (χ1n) is 25.0. The van der Waals surface area contributed by atoms with Crippen molar-refractivity contribution in [1.29, 1.82) is 0 Å². The molecule has 10 amide bonds. The predicted octanol–water partition coefficient (Wildman–Crippen LogP) is 2.63. The lowest BCUT2D eigenvalue weighted by Gasteiger charge is -2.23. The Bertz CT molecular complexity index is 1410. The summed E-state index contributed by atoms with van der Waals surface area (Å²) < 4.78 is 16.4. The Balaban J connectivity index is 5.04. The highest BCUT2D eigenvalue weighted by atomic mass is 79.9. The minimum atomic E-state index is -0.684. The molecule has 27 heteroatoms. The molecule has 0 aliphatic rings. The average Bonchev–Trinajstić information content (AvgIpc) is 3.38. The predicted molar refractivity (Wildman–Crippen MR) is 290 cm³/mol. The zero-order valence-electron chi connectivity index (χ0n) is 42.2. The molecule has 0 bridgehead atoms. The maximum Gasteiger partial charge on any atom is 0.409 e. The topological polar surface area (TPSA) is 301 Å². The Morgan fingerprint density at radius 1 is 0.288 bits per heavy atom. The third-order valence-corrected chi connectivity index (χ3v) is 12.4. The molecule has 0 fully saturated rings. The van der Waals surface area contributed by atoms with E-state index < -0.39 is 12.2 Å². The Hall–Kier alpha value is -3.82. The number of amides is 10. The maximum absolute atomic E-state index is 13.1. The van der Waals surface area contributed by atoms with Crippen molar-refractivity contribution in [2.75, 3.05) is 126 Å². The van der Waals surface area contributed by atoms with Crippen molar-refractivity contribution in [3.8, 4) is 0 Å². The summed E-state index contributed by atoms with van der Waals surface area (Å²) in [5.74, 6) is -1.14. The summed E-state index contributed by atoms with van der Waals surface area (Å²) in [5.41, 5.74) is 0. The van der Waals surface area contributed by atoms with Gasteiger partial charge in [-0.25, -0.2) is 9.59 Å². The molecule has 0 unspecified atom stereocenters. The van der Waals surface area contributed by atoms with Gasteiger partial charge in [-0.15, -0.1) is 0 Å². The molecule has 0 aromatic carbocycles. The number of nitrogens with one attached hydrogen (secondary N) is 8. The number of rotatable bonds is 46. The molecule has 0 spiro atoms. The lowest BCUT2D eigenvalue weighted by atomic mass is 10.2. The minimum absolute atomic E-state index is 0.0249. The zero-order valence-corrected chi connectivity index (χ0v) is 48.5. The number of nitrogens with zero attached hydrogens (tertiary/aromatic N) is 2. The van der Waals surface area contributed by atoms with Crippen LogP contribution in [0, 0.1) is 0 Å². The van der Waals surface area contributed by atoms with Gasteiger partial charge in [0.25, 0.3) is 0 Å². The smallest absolute Gasteiger partial charge is 0.409 e. The van der Waals surface area contributed by atoms with Crippen molar-refractivity contribution in [3.05, 3.63) is 0 Å². The Kier molecular flexibility index (Phi) is 46.5. The Morgan fingerprint density at radius 2 is 0.521 bits per heavy atom. The molecule has 0 aromatic heterocycles. The van der Waals surface area contributed by atoms with Gasteiger partial charge < -0.3 is 66.5 Å². The SMILES string of the molecule is O=C(CBr)NCCCCCC(=O)NCCN(CCNC(=O)CCCCCNC(=O)CBr)C(=O)OCCOCCOC(=O)N(CCNC(=O)CCCCCNC(=O)CBr)CCNC(=O)CCCCCNC(=O)CBr. The number of carbonyl (C=O) groups is 10. The standard InChI is InChI=1S/C46H80Br4N10O13/c47-33-41(65)51-17-9-1-5-13-37(61)55-21-25-59(26-22-56-38(62)14-6-2-10-18-52-42(66)34-48)45(69)72-31-29-71-30-32-73-46(70)60(27-23-57-39(63)15-7-3-11-19-53-43(67)35-49)28-24-58-40(64)16-8-4-12-20-54-44(68)36-50/h1-36H2,(H,51,65)(H,52,66)(H,53,67)(H,54,68)(H,55,61)(H,56,62)(H,57,63)(H,58,64). The van der Waals surface area contributed by atoms with E-state index in [0.717, 1.165) is 51.4 Å². The van der Waals surface area contributed by atoms with Crippen LogP contribution in [-0.2, 0) is 52.6 Å². The van der Waals surface area contributed by atoms with Crippen LogP contribution in [0.15, 0.2) is 0 Å². The number of ether oxygens (including phenoxy) is 3. The molecule has 0 aliphatic carbocycles. The van der Waals surface area contributed by atoms with Gasteiger partial charge in [0.05, 0.1) is 34.5 Å². The van der Waals surface area contributed by atoms with Gasteiger partial charge in [0.15, 0.2) is 0 Å². The Labute approximate surface area is 464 Å². The van der Waals surface area contributed by atoms with E-state index in [2.05, 4.69) is 106 Å². The van der Waals surface area contributed by atoms with Crippen LogP contribution in [0.5, 0.6) is 0 Å². The number of hydrogen-bond donors (Lipinski definition) is 8. The lowest BCUT2D eigenvalue weighted by molar-refractivity contribution is -0.122. The summed E-state index contributed by atoms with van der Waals surface area (Å²) in [4.78, 5) is 124. The average molecular weight is 1300 g/mol. The quantitative estimate of drug-likeness (QED) is 0.0322. The minimum Gasteiger partial charge on any atom is -0.447 e. The van der Waals surface area contributed by atoms with Crippen LogP contribution in [0.1, 0.15) is 103 Å². The lowest BCUT2D eigenvalue weighted by Crippen LogP contribution is -2.43. The summed E-state index contributed by atoms with van der Waals surface area (Å²) in [6, 6.07) is 0. The van der Waals surface area contributed by atoms with Gasteiger partial charge in [0.2, 0.25) is 47.3 Å². The monoisotopic (exact) mass is 1300 g/mol. The molecule has 0 saturated carbocycles. The number of hydrogen-bond acceptors (Lipinski definition) is 13. The van der Waals surface area contributed by atoms with Crippen molar-refractivity contribution in [2.24, 2.45) is 0 Å². The molecule has 0 rings (SSSR count). The molecule has 0 aromatic rings. The molecule has 0 saturated heterocycles. The number of alkyl halides is 4. The van der Waals surface area contributed by atoms with E-state index in [1.54, 1.807) is 0 Å². The Morgan fingerprint density at radius 3 is 0.753 bits per heavy atom. The van der Waals surface area contributed by atoms with Gasteiger partial charge in [0.1, 0.15) is 13.2 Å². The second-order valence-electron chi connectivity index (χ2n) is 16.4. The first-order valence-corrected chi connectivity index (χ1v) is 29.5. The number of carbonyl (C=O) groups excluding carboxylic acids is 10. The van der Waals surface area contributed by atoms with Crippen molar-refractivity contribution in [1.82, 2.24) is 52.3 Å². The highest BCUT2D eigenvalue weighted by Gasteiger charge is 2.18. The van der Waals surface area contributed by atoms with Crippen LogP contribution in [0.4, 0.5) is 9.59 Å². The molecule has 0 atom stereocenters. The fraction of sp³-hybridized carbons (Fsp3) is 0.783. The van der Waals surface area contributed by atoms with Gasteiger partial charge in [0, 0.05) is 104 Å². The molecule has 0 heterocycles. The van der Waals surface area contributed by atoms with E-state index in [1.165, 1.54) is 9.80 Å². The van der Waals surface area contributed by atoms with Crippen molar-refractivity contribution < 1.29 is 62.2 Å². The van der Waals surface area contributed by atoms with E-state index in [1.807, 2.05) is 0 Å². The second kappa shape index (κ2) is 49.1. The van der Waals surface area contributed by atoms with Crippen LogP contribution >= 0.6 is 63.7 Å². The van der Waals surface area contributed by atoms with Crippen LogP contribution in [0.3, 0.4) is 0 Å². The summed E-state index contributed by atoms with van der Waals surface area (Å²) in [7, 11) is 0. The van der Waals surface area contributed by atoms with Gasteiger partial charge in [-0.3, -0.25) is 38.4 Å². The fourth-order valence-corrected chi connectivity index (χ4v) is 7.17. The first-order chi connectivity index (χ1) is 35.3. The molecular weight excluding hydrogens is 1220 g/mol. The fourth-order valence-electron chi connectivity index (χ4n) is 6.37. The molecule has 23 nitrogen and oxygen atoms in total. The van der Waals surface area contributed by atoms with Crippen molar-refractivity contribution in [3.63, 3.8) is 0 Å². The van der Waals surface area contributed by atoms with Gasteiger partial charge in [-0.1, -0.05) is 89.4 Å². The van der Waals surface area contributed by atoms with Gasteiger partial charge in [-0.05, 0) is 51.4 Å². The molecule has 73 heavy (non-hydrogen) atoms. The number of unbranched alkanes of at least 4 members (excludes halogenated alkanes) is 8. The van der Waals surface area contributed by atoms with Crippen LogP contribution in [-0.4, -0.2) is 196 Å². The highest BCUT2D eigenvalue weighted by molar-refractivity contribution is 9.10. The molecule has 420 valence electrons. The van der Waals surface area contributed by atoms with E-state index in [-0.39, 0.29) is 173 Å². The summed E-state index contributed by atoms with van der Waals surface area (Å²) >= 11 is 12.4. The van der Waals surface area contributed by atoms with Crippen LogP contribution in [0.25, 0.3) is 0 Å². The largest absolute Gasteiger partial charge is 0.447 e. The molecule has 0 radical (unpaired) electrons. The summed E-state index contributed by atoms with van der Waals surface area (Å²) in [6.45, 7) is 2.81.